The first-order valence-electron chi connectivity index (χ1n) is 7.37. The molecule has 0 radical (unpaired) electrons. The van der Waals surface area contributed by atoms with E-state index in [4.69, 9.17) is 0 Å². The van der Waals surface area contributed by atoms with Crippen LogP contribution in [0.5, 0.6) is 0 Å². The van der Waals surface area contributed by atoms with Crippen molar-refractivity contribution >= 4 is 11.6 Å². The number of rotatable bonds is 3. The van der Waals surface area contributed by atoms with Gasteiger partial charge in [0.25, 0.3) is 5.91 Å². The number of amides is 1. The lowest BCUT2D eigenvalue weighted by Crippen LogP contribution is -2.37. The van der Waals surface area contributed by atoms with E-state index in [1.54, 1.807) is 0 Å². The van der Waals surface area contributed by atoms with Crippen molar-refractivity contribution in [3.8, 4) is 0 Å². The molecule has 2 aromatic rings. The number of halogens is 1. The Balaban J connectivity index is 1.65. The summed E-state index contributed by atoms with van der Waals surface area (Å²) in [6, 6.07) is 13.2. The summed E-state index contributed by atoms with van der Waals surface area (Å²) in [6.45, 7) is 2.92. The van der Waals surface area contributed by atoms with Gasteiger partial charge in [-0.1, -0.05) is 18.2 Å². The van der Waals surface area contributed by atoms with Crippen LogP contribution in [0.2, 0.25) is 0 Å². The maximum atomic E-state index is 12.8. The zero-order valence-electron chi connectivity index (χ0n) is 12.4. The molecule has 2 heterocycles. The number of anilines is 1. The van der Waals surface area contributed by atoms with E-state index in [1.165, 1.54) is 18.3 Å². The van der Waals surface area contributed by atoms with Gasteiger partial charge in [0.1, 0.15) is 0 Å². The summed E-state index contributed by atoms with van der Waals surface area (Å²) in [4.78, 5) is 18.0. The van der Waals surface area contributed by atoms with Crippen molar-refractivity contribution in [1.29, 1.82) is 0 Å². The van der Waals surface area contributed by atoms with Crippen molar-refractivity contribution < 1.29 is 9.18 Å². The van der Waals surface area contributed by atoms with Gasteiger partial charge in [-0.05, 0) is 37.6 Å². The first kappa shape index (κ1) is 14.5. The van der Waals surface area contributed by atoms with Gasteiger partial charge < -0.3 is 10.2 Å². The maximum Gasteiger partial charge on any atom is 0.253 e. The molecule has 22 heavy (non-hydrogen) atoms. The first-order chi connectivity index (χ1) is 10.6. The minimum absolute atomic E-state index is 0.0766. The lowest BCUT2D eigenvalue weighted by Gasteiger charge is -2.23. The largest absolute Gasteiger partial charge is 0.367 e. The number of carbonyl (C=O) groups is 1. The molecule has 2 atom stereocenters. The van der Waals surface area contributed by atoms with E-state index in [2.05, 4.69) is 34.3 Å². The van der Waals surface area contributed by atoms with Gasteiger partial charge >= 0.3 is 0 Å². The summed E-state index contributed by atoms with van der Waals surface area (Å²) in [7, 11) is 0. The standard InChI is InChI=1S/C17H18FN3O/c1-12-9-14(11-21(12)15-5-3-2-4-6-15)20-17(22)13-7-8-16(18)19-10-13/h2-8,10,12,14H,9,11H2,1H3,(H,20,22)/t12-,14+/m1/s1. The molecule has 0 aliphatic carbocycles. The van der Waals surface area contributed by atoms with Gasteiger partial charge in [-0.3, -0.25) is 4.79 Å². The molecule has 3 rings (SSSR count). The number of nitrogens with zero attached hydrogens (tertiary/aromatic N) is 2. The van der Waals surface area contributed by atoms with E-state index in [0.717, 1.165) is 18.7 Å². The molecule has 1 N–H and O–H groups in total. The molecule has 1 amide bonds. The van der Waals surface area contributed by atoms with E-state index in [9.17, 15) is 9.18 Å². The van der Waals surface area contributed by atoms with Crippen molar-refractivity contribution in [2.24, 2.45) is 0 Å². The fourth-order valence-corrected chi connectivity index (χ4v) is 2.89. The van der Waals surface area contributed by atoms with Crippen LogP contribution in [0.3, 0.4) is 0 Å². The molecule has 4 nitrogen and oxygen atoms in total. The third kappa shape index (κ3) is 3.08. The van der Waals surface area contributed by atoms with Gasteiger partial charge in [-0.15, -0.1) is 0 Å². The molecule has 1 saturated heterocycles. The van der Waals surface area contributed by atoms with Crippen molar-refractivity contribution in [2.45, 2.75) is 25.4 Å². The monoisotopic (exact) mass is 299 g/mol. The van der Waals surface area contributed by atoms with Crippen LogP contribution in [0.25, 0.3) is 0 Å². The molecule has 0 bridgehead atoms. The second-order valence-electron chi connectivity index (χ2n) is 5.61. The van der Waals surface area contributed by atoms with E-state index < -0.39 is 5.95 Å². The molecular formula is C17H18FN3O. The molecule has 0 saturated carbocycles. The molecule has 1 aliphatic heterocycles. The molecular weight excluding hydrogens is 281 g/mol. The minimum Gasteiger partial charge on any atom is -0.367 e. The summed E-state index contributed by atoms with van der Waals surface area (Å²) < 4.78 is 12.8. The quantitative estimate of drug-likeness (QED) is 0.886. The smallest absolute Gasteiger partial charge is 0.253 e. The third-order valence-corrected chi connectivity index (χ3v) is 3.99. The summed E-state index contributed by atoms with van der Waals surface area (Å²) >= 11 is 0. The molecule has 1 aromatic heterocycles. The lowest BCUT2D eigenvalue weighted by atomic mass is 10.1. The summed E-state index contributed by atoms with van der Waals surface area (Å²) in [5, 5.41) is 3.00. The molecule has 114 valence electrons. The van der Waals surface area contributed by atoms with Gasteiger partial charge in [-0.2, -0.15) is 4.39 Å². The van der Waals surface area contributed by atoms with Gasteiger partial charge in [0.15, 0.2) is 0 Å². The number of nitrogens with one attached hydrogen (secondary N) is 1. The predicted molar refractivity (Wildman–Crippen MR) is 83.3 cm³/mol. The van der Waals surface area contributed by atoms with Gasteiger partial charge in [-0.25, -0.2) is 4.98 Å². The number of benzene rings is 1. The van der Waals surface area contributed by atoms with Crippen LogP contribution in [0.15, 0.2) is 48.7 Å². The van der Waals surface area contributed by atoms with Crippen molar-refractivity contribution in [3.63, 3.8) is 0 Å². The Kier molecular flexibility index (Phi) is 4.04. The van der Waals surface area contributed by atoms with Crippen LogP contribution in [-0.2, 0) is 0 Å². The van der Waals surface area contributed by atoms with Crippen LogP contribution in [0.1, 0.15) is 23.7 Å². The number of pyridine rings is 1. The highest BCUT2D eigenvalue weighted by atomic mass is 19.1. The molecule has 1 aliphatic rings. The highest BCUT2D eigenvalue weighted by molar-refractivity contribution is 5.94. The number of aromatic nitrogens is 1. The van der Waals surface area contributed by atoms with Crippen LogP contribution in [0.4, 0.5) is 10.1 Å². The Hall–Kier alpha value is -2.43. The predicted octanol–water partition coefficient (Wildman–Crippen LogP) is 2.62. The van der Waals surface area contributed by atoms with Gasteiger partial charge in [0.05, 0.1) is 5.56 Å². The fraction of sp³-hybridized carbons (Fsp3) is 0.294. The Morgan fingerprint density at radius 1 is 1.27 bits per heavy atom. The normalized spacial score (nSPS) is 20.9. The Morgan fingerprint density at radius 2 is 2.05 bits per heavy atom. The summed E-state index contributed by atoms with van der Waals surface area (Å²) in [5.74, 6) is -0.791. The van der Waals surface area contributed by atoms with Crippen molar-refractivity contribution in [1.82, 2.24) is 10.3 Å². The number of hydrogen-bond donors (Lipinski definition) is 1. The SMILES string of the molecule is C[C@@H]1C[C@H](NC(=O)c2ccc(F)nc2)CN1c1ccccc1. The highest BCUT2D eigenvalue weighted by Gasteiger charge is 2.30. The summed E-state index contributed by atoms with van der Waals surface area (Å²) in [5.41, 5.74) is 1.54. The van der Waals surface area contributed by atoms with E-state index >= 15 is 0 Å². The highest BCUT2D eigenvalue weighted by Crippen LogP contribution is 2.25. The van der Waals surface area contributed by atoms with Crippen LogP contribution >= 0.6 is 0 Å². The Bertz CT molecular complexity index is 645. The summed E-state index contributed by atoms with van der Waals surface area (Å²) in [6.07, 6.45) is 2.15. The van der Waals surface area contributed by atoms with Crippen LogP contribution in [0, 0.1) is 5.95 Å². The van der Waals surface area contributed by atoms with Gasteiger partial charge in [0, 0.05) is 30.5 Å². The number of carbonyl (C=O) groups excluding carboxylic acids is 1. The molecule has 1 aromatic carbocycles. The molecule has 1 fully saturated rings. The van der Waals surface area contributed by atoms with E-state index in [-0.39, 0.29) is 11.9 Å². The maximum absolute atomic E-state index is 12.8. The number of para-hydroxylation sites is 1. The average molecular weight is 299 g/mol. The van der Waals surface area contributed by atoms with E-state index in [1.807, 2.05) is 18.2 Å². The first-order valence-corrected chi connectivity index (χ1v) is 7.37. The van der Waals surface area contributed by atoms with Crippen molar-refractivity contribution in [3.05, 3.63) is 60.2 Å². The van der Waals surface area contributed by atoms with Gasteiger partial charge in [0.2, 0.25) is 5.95 Å². The topological polar surface area (TPSA) is 45.2 Å². The Morgan fingerprint density at radius 3 is 2.73 bits per heavy atom. The molecule has 0 unspecified atom stereocenters. The second-order valence-corrected chi connectivity index (χ2v) is 5.61. The van der Waals surface area contributed by atoms with E-state index in [0.29, 0.717) is 11.6 Å². The number of hydrogen-bond acceptors (Lipinski definition) is 3. The zero-order valence-corrected chi connectivity index (χ0v) is 12.4. The average Bonchev–Trinajstić information content (AvgIpc) is 2.89. The lowest BCUT2D eigenvalue weighted by molar-refractivity contribution is 0.0939. The van der Waals surface area contributed by atoms with Crippen molar-refractivity contribution in [2.75, 3.05) is 11.4 Å². The second kappa shape index (κ2) is 6.13. The fourth-order valence-electron chi connectivity index (χ4n) is 2.89. The minimum atomic E-state index is -0.582. The zero-order chi connectivity index (χ0) is 15.5. The van der Waals surface area contributed by atoms with Crippen LogP contribution < -0.4 is 10.2 Å². The van der Waals surface area contributed by atoms with Crippen LogP contribution in [-0.4, -0.2) is 29.5 Å². The third-order valence-electron chi connectivity index (χ3n) is 3.99. The molecule has 0 spiro atoms. The molecule has 5 heteroatoms. The Labute approximate surface area is 129 Å².